The summed E-state index contributed by atoms with van der Waals surface area (Å²) in [5.41, 5.74) is 6.61. The summed E-state index contributed by atoms with van der Waals surface area (Å²) in [6, 6.07) is 6.64. The first kappa shape index (κ1) is 8.50. The molecular weight excluding hydrogens is 180 g/mol. The maximum absolute atomic E-state index is 10.9. The molecule has 1 aromatic carbocycles. The summed E-state index contributed by atoms with van der Waals surface area (Å²) in [5, 5.41) is 9.65. The highest BCUT2D eigenvalue weighted by Crippen LogP contribution is 2.20. The van der Waals surface area contributed by atoms with E-state index >= 15 is 0 Å². The summed E-state index contributed by atoms with van der Waals surface area (Å²) in [6.45, 7) is 0. The molecule has 1 aromatic heterocycles. The van der Waals surface area contributed by atoms with Crippen molar-refractivity contribution in [2.75, 3.05) is 5.73 Å². The van der Waals surface area contributed by atoms with Gasteiger partial charge in [0.1, 0.15) is 0 Å². The largest absolute Gasteiger partial charge is 0.478 e. The molecule has 0 aliphatic heterocycles. The van der Waals surface area contributed by atoms with Gasteiger partial charge in [0.25, 0.3) is 0 Å². The fourth-order valence-electron chi connectivity index (χ4n) is 1.38. The molecule has 3 N–H and O–H groups in total. The number of hydrogen-bond acceptors (Lipinski definition) is 3. The maximum atomic E-state index is 10.9. The molecule has 0 unspecified atom stereocenters. The predicted octanol–water partition coefficient (Wildman–Crippen LogP) is 1.52. The zero-order chi connectivity index (χ0) is 10.1. The number of benzene rings is 1. The van der Waals surface area contributed by atoms with Gasteiger partial charge in [0.2, 0.25) is 0 Å². The van der Waals surface area contributed by atoms with Crippen molar-refractivity contribution in [3.05, 3.63) is 36.0 Å². The van der Waals surface area contributed by atoms with E-state index in [-0.39, 0.29) is 5.56 Å². The Morgan fingerprint density at radius 3 is 2.93 bits per heavy atom. The fourth-order valence-corrected chi connectivity index (χ4v) is 1.38. The van der Waals surface area contributed by atoms with Gasteiger partial charge in [0.05, 0.1) is 11.1 Å². The van der Waals surface area contributed by atoms with E-state index in [0.717, 1.165) is 5.39 Å². The molecule has 0 bridgehead atoms. The molecule has 0 atom stereocenters. The van der Waals surface area contributed by atoms with Gasteiger partial charge in [-0.15, -0.1) is 0 Å². The maximum Gasteiger partial charge on any atom is 0.337 e. The first-order valence-corrected chi connectivity index (χ1v) is 4.06. The molecule has 0 spiro atoms. The molecule has 4 heteroatoms. The van der Waals surface area contributed by atoms with E-state index in [4.69, 9.17) is 10.8 Å². The third kappa shape index (κ3) is 1.26. The molecule has 0 saturated carbocycles. The molecule has 2 aromatic rings. The molecule has 0 aliphatic carbocycles. The van der Waals surface area contributed by atoms with Gasteiger partial charge in [0, 0.05) is 17.3 Å². The molecule has 0 amide bonds. The van der Waals surface area contributed by atoms with Gasteiger partial charge in [-0.1, -0.05) is 6.07 Å². The van der Waals surface area contributed by atoms with E-state index < -0.39 is 5.97 Å². The van der Waals surface area contributed by atoms with Crippen LogP contribution < -0.4 is 5.73 Å². The van der Waals surface area contributed by atoms with Crippen LogP contribution in [0, 0.1) is 0 Å². The number of carboxylic acid groups (broad SMARTS) is 1. The lowest BCUT2D eigenvalue weighted by atomic mass is 10.1. The van der Waals surface area contributed by atoms with Gasteiger partial charge < -0.3 is 10.8 Å². The van der Waals surface area contributed by atoms with Crippen LogP contribution in [-0.4, -0.2) is 16.1 Å². The highest BCUT2D eigenvalue weighted by molar-refractivity contribution is 6.03. The normalized spacial score (nSPS) is 10.3. The molecule has 0 fully saturated rings. The Morgan fingerprint density at radius 1 is 1.43 bits per heavy atom. The smallest absolute Gasteiger partial charge is 0.337 e. The number of rotatable bonds is 1. The van der Waals surface area contributed by atoms with Crippen LogP contribution >= 0.6 is 0 Å². The molecule has 0 aliphatic rings. The Labute approximate surface area is 80.0 Å². The lowest BCUT2D eigenvalue weighted by molar-refractivity contribution is 0.0699. The first-order valence-electron chi connectivity index (χ1n) is 4.06. The van der Waals surface area contributed by atoms with Gasteiger partial charge in [-0.05, 0) is 18.2 Å². The van der Waals surface area contributed by atoms with Gasteiger partial charge >= 0.3 is 5.97 Å². The van der Waals surface area contributed by atoms with Crippen LogP contribution in [0.25, 0.3) is 10.9 Å². The minimum Gasteiger partial charge on any atom is -0.478 e. The number of nitrogens with zero attached hydrogens (tertiary/aromatic N) is 1. The Morgan fingerprint density at radius 2 is 2.21 bits per heavy atom. The molecule has 2 rings (SSSR count). The van der Waals surface area contributed by atoms with Crippen LogP contribution in [-0.2, 0) is 0 Å². The molecule has 1 heterocycles. The van der Waals surface area contributed by atoms with Gasteiger partial charge in [-0.25, -0.2) is 4.79 Å². The van der Waals surface area contributed by atoms with Gasteiger partial charge in [-0.3, -0.25) is 4.98 Å². The number of fused-ring (bicyclic) bond motifs is 1. The van der Waals surface area contributed by atoms with Crippen molar-refractivity contribution in [1.29, 1.82) is 0 Å². The van der Waals surface area contributed by atoms with Crippen molar-refractivity contribution in [3.63, 3.8) is 0 Å². The van der Waals surface area contributed by atoms with E-state index in [2.05, 4.69) is 4.98 Å². The van der Waals surface area contributed by atoms with Crippen molar-refractivity contribution in [1.82, 2.24) is 4.98 Å². The summed E-state index contributed by atoms with van der Waals surface area (Å²) in [5.74, 6) is -1.01. The highest BCUT2D eigenvalue weighted by Gasteiger charge is 2.09. The number of pyridine rings is 1. The van der Waals surface area contributed by atoms with E-state index in [1.54, 1.807) is 24.4 Å². The second-order valence-corrected chi connectivity index (χ2v) is 2.95. The Balaban J connectivity index is 2.87. The molecular formula is C10H8N2O2. The first-order chi connectivity index (χ1) is 6.68. The molecule has 0 saturated heterocycles. The number of hydrogen-bond donors (Lipinski definition) is 2. The number of aromatic carboxylic acids is 1. The lowest BCUT2D eigenvalue weighted by Crippen LogP contribution is -2.00. The lowest BCUT2D eigenvalue weighted by Gasteiger charge is -2.02. The number of nitrogens with two attached hydrogens (primary N) is 1. The average molecular weight is 188 g/mol. The quantitative estimate of drug-likeness (QED) is 0.665. The Kier molecular flexibility index (Phi) is 1.81. The van der Waals surface area contributed by atoms with E-state index in [1.807, 2.05) is 0 Å². The highest BCUT2D eigenvalue weighted by atomic mass is 16.4. The molecule has 4 nitrogen and oxygen atoms in total. The van der Waals surface area contributed by atoms with E-state index in [1.165, 1.54) is 6.07 Å². The second kappa shape index (κ2) is 2.99. The third-order valence-corrected chi connectivity index (χ3v) is 1.96. The van der Waals surface area contributed by atoms with Crippen LogP contribution in [0.2, 0.25) is 0 Å². The zero-order valence-corrected chi connectivity index (χ0v) is 7.27. The molecule has 70 valence electrons. The number of carbonyl (C=O) groups is 1. The third-order valence-electron chi connectivity index (χ3n) is 1.96. The van der Waals surface area contributed by atoms with Crippen LogP contribution in [0.4, 0.5) is 5.69 Å². The van der Waals surface area contributed by atoms with Gasteiger partial charge in [-0.2, -0.15) is 0 Å². The Hall–Kier alpha value is -2.10. The SMILES string of the molecule is Nc1cc(C(=O)O)c2ncccc2c1. The van der Waals surface area contributed by atoms with E-state index in [9.17, 15) is 4.79 Å². The number of carboxylic acids is 1. The topological polar surface area (TPSA) is 76.2 Å². The standard InChI is InChI=1S/C10H8N2O2/c11-7-4-6-2-1-3-12-9(6)8(5-7)10(13)14/h1-5H,11H2,(H,13,14). The zero-order valence-electron chi connectivity index (χ0n) is 7.27. The van der Waals surface area contributed by atoms with Crippen molar-refractivity contribution in [2.24, 2.45) is 0 Å². The van der Waals surface area contributed by atoms with Gasteiger partial charge in [0.15, 0.2) is 0 Å². The summed E-state index contributed by atoms with van der Waals surface area (Å²) in [7, 11) is 0. The second-order valence-electron chi connectivity index (χ2n) is 2.95. The predicted molar refractivity (Wildman–Crippen MR) is 53.1 cm³/mol. The van der Waals surface area contributed by atoms with Crippen LogP contribution in [0.5, 0.6) is 0 Å². The number of anilines is 1. The van der Waals surface area contributed by atoms with Crippen LogP contribution in [0.3, 0.4) is 0 Å². The van der Waals surface area contributed by atoms with E-state index in [0.29, 0.717) is 11.2 Å². The summed E-state index contributed by atoms with van der Waals surface area (Å²) < 4.78 is 0. The molecule has 0 radical (unpaired) electrons. The summed E-state index contributed by atoms with van der Waals surface area (Å²) in [6.07, 6.45) is 1.56. The minimum absolute atomic E-state index is 0.139. The number of aromatic nitrogens is 1. The van der Waals surface area contributed by atoms with Crippen LogP contribution in [0.15, 0.2) is 30.5 Å². The number of nitrogen functional groups attached to an aromatic ring is 1. The van der Waals surface area contributed by atoms with Crippen molar-refractivity contribution in [2.45, 2.75) is 0 Å². The van der Waals surface area contributed by atoms with Crippen LogP contribution in [0.1, 0.15) is 10.4 Å². The summed E-state index contributed by atoms with van der Waals surface area (Å²) >= 11 is 0. The summed E-state index contributed by atoms with van der Waals surface area (Å²) in [4.78, 5) is 14.9. The fraction of sp³-hybridized carbons (Fsp3) is 0. The Bertz CT molecular complexity index is 508. The van der Waals surface area contributed by atoms with Crippen molar-refractivity contribution < 1.29 is 9.90 Å². The minimum atomic E-state index is -1.01. The monoisotopic (exact) mass is 188 g/mol. The molecule has 14 heavy (non-hydrogen) atoms. The van der Waals surface area contributed by atoms with Crippen molar-refractivity contribution >= 4 is 22.6 Å². The average Bonchev–Trinajstić information content (AvgIpc) is 2.16. The van der Waals surface area contributed by atoms with Crippen molar-refractivity contribution in [3.8, 4) is 0 Å².